The summed E-state index contributed by atoms with van der Waals surface area (Å²) in [6, 6.07) is 9.41. The molecule has 0 atom stereocenters. The van der Waals surface area contributed by atoms with Crippen molar-refractivity contribution in [3.63, 3.8) is 0 Å². The van der Waals surface area contributed by atoms with Crippen LogP contribution in [0, 0.1) is 13.8 Å². The number of halogens is 1. The molecule has 0 aliphatic carbocycles. The SMILES string of the molecule is Cc1ccc(C)c(CS(=O)(=O)Cc2cc3c(cc2Br)OCCO3)c1. The number of ether oxygens (including phenoxy) is 2. The van der Waals surface area contributed by atoms with Gasteiger partial charge in [0.2, 0.25) is 0 Å². The zero-order chi connectivity index (χ0) is 17.3. The summed E-state index contributed by atoms with van der Waals surface area (Å²) >= 11 is 3.44. The van der Waals surface area contributed by atoms with Crippen LogP contribution < -0.4 is 9.47 Å². The van der Waals surface area contributed by atoms with Crippen LogP contribution in [0.1, 0.15) is 22.3 Å². The van der Waals surface area contributed by atoms with Crippen molar-refractivity contribution in [2.24, 2.45) is 0 Å². The van der Waals surface area contributed by atoms with Crippen molar-refractivity contribution >= 4 is 25.8 Å². The van der Waals surface area contributed by atoms with Gasteiger partial charge in [0.1, 0.15) is 13.2 Å². The fourth-order valence-corrected chi connectivity index (χ4v) is 4.95. The molecule has 6 heteroatoms. The molecule has 0 spiro atoms. The molecule has 0 saturated carbocycles. The van der Waals surface area contributed by atoms with Crippen molar-refractivity contribution in [2.75, 3.05) is 13.2 Å². The average Bonchev–Trinajstić information content (AvgIpc) is 2.51. The largest absolute Gasteiger partial charge is 0.486 e. The minimum absolute atomic E-state index is 0.0292. The average molecular weight is 411 g/mol. The van der Waals surface area contributed by atoms with Gasteiger partial charge in [-0.15, -0.1) is 0 Å². The molecular weight excluding hydrogens is 392 g/mol. The Kier molecular flexibility index (Phi) is 4.88. The predicted molar refractivity (Wildman–Crippen MR) is 97.4 cm³/mol. The van der Waals surface area contributed by atoms with E-state index in [2.05, 4.69) is 15.9 Å². The number of fused-ring (bicyclic) bond motifs is 1. The summed E-state index contributed by atoms with van der Waals surface area (Å²) in [6.45, 7) is 4.88. The quantitative estimate of drug-likeness (QED) is 0.765. The van der Waals surface area contributed by atoms with Gasteiger partial charge in [0.25, 0.3) is 0 Å². The first-order valence-corrected chi connectivity index (χ1v) is 10.3. The number of aryl methyl sites for hydroxylation is 2. The first-order chi connectivity index (χ1) is 11.3. The van der Waals surface area contributed by atoms with Gasteiger partial charge >= 0.3 is 0 Å². The second kappa shape index (κ2) is 6.76. The van der Waals surface area contributed by atoms with Crippen molar-refractivity contribution in [2.45, 2.75) is 25.4 Å². The Morgan fingerprint density at radius 2 is 1.58 bits per heavy atom. The molecule has 0 bridgehead atoms. The molecule has 0 radical (unpaired) electrons. The van der Waals surface area contributed by atoms with Crippen LogP contribution in [-0.4, -0.2) is 21.6 Å². The lowest BCUT2D eigenvalue weighted by molar-refractivity contribution is 0.171. The van der Waals surface area contributed by atoms with Crippen molar-refractivity contribution in [1.29, 1.82) is 0 Å². The zero-order valence-electron chi connectivity index (χ0n) is 13.6. The van der Waals surface area contributed by atoms with Crippen LogP contribution in [-0.2, 0) is 21.3 Å². The second-order valence-electron chi connectivity index (χ2n) is 6.05. The highest BCUT2D eigenvalue weighted by molar-refractivity contribution is 9.10. The molecular formula is C18H19BrO4S. The Balaban J connectivity index is 1.85. The number of benzene rings is 2. The minimum Gasteiger partial charge on any atom is -0.486 e. The van der Waals surface area contributed by atoms with Gasteiger partial charge in [0, 0.05) is 4.47 Å². The molecule has 4 nitrogen and oxygen atoms in total. The topological polar surface area (TPSA) is 52.6 Å². The molecule has 0 amide bonds. The number of hydrogen-bond acceptors (Lipinski definition) is 4. The third-order valence-corrected chi connectivity index (χ3v) is 6.21. The van der Waals surface area contributed by atoms with Crippen LogP contribution in [0.5, 0.6) is 11.5 Å². The standard InChI is InChI=1S/C18H19BrO4S/c1-12-3-4-13(2)14(7-12)10-24(20,21)11-15-8-17-18(9-16(15)19)23-6-5-22-17/h3-4,7-9H,5-6,10-11H2,1-2H3. The summed E-state index contributed by atoms with van der Waals surface area (Å²) in [5.74, 6) is 1.23. The van der Waals surface area contributed by atoms with Gasteiger partial charge in [-0.25, -0.2) is 8.42 Å². The maximum Gasteiger partial charge on any atom is 0.162 e. The molecule has 0 saturated heterocycles. The molecule has 0 unspecified atom stereocenters. The van der Waals surface area contributed by atoms with Gasteiger partial charge in [-0.1, -0.05) is 39.7 Å². The van der Waals surface area contributed by atoms with Crippen molar-refractivity contribution in [3.05, 3.63) is 57.1 Å². The summed E-state index contributed by atoms with van der Waals surface area (Å²) in [4.78, 5) is 0. The highest BCUT2D eigenvalue weighted by atomic mass is 79.9. The summed E-state index contributed by atoms with van der Waals surface area (Å²) in [7, 11) is -3.30. The smallest absolute Gasteiger partial charge is 0.162 e. The van der Waals surface area contributed by atoms with Gasteiger partial charge in [-0.05, 0) is 42.7 Å². The van der Waals surface area contributed by atoms with E-state index in [0.717, 1.165) is 21.2 Å². The number of rotatable bonds is 4. The van der Waals surface area contributed by atoms with Crippen LogP contribution in [0.25, 0.3) is 0 Å². The highest BCUT2D eigenvalue weighted by Crippen LogP contribution is 2.36. The van der Waals surface area contributed by atoms with E-state index in [-0.39, 0.29) is 11.5 Å². The van der Waals surface area contributed by atoms with E-state index in [4.69, 9.17) is 9.47 Å². The monoisotopic (exact) mass is 410 g/mol. The van der Waals surface area contributed by atoms with E-state index in [1.54, 1.807) is 12.1 Å². The first-order valence-electron chi connectivity index (χ1n) is 7.69. The zero-order valence-corrected chi connectivity index (χ0v) is 16.0. The van der Waals surface area contributed by atoms with Crippen molar-refractivity contribution in [1.82, 2.24) is 0 Å². The third-order valence-electron chi connectivity index (χ3n) is 3.97. The van der Waals surface area contributed by atoms with Crippen molar-refractivity contribution < 1.29 is 17.9 Å². The summed E-state index contributed by atoms with van der Waals surface area (Å²) < 4.78 is 37.1. The maximum absolute atomic E-state index is 12.7. The Bertz CT molecular complexity index is 875. The molecule has 1 aliphatic rings. The van der Waals surface area contributed by atoms with E-state index in [1.165, 1.54) is 0 Å². The van der Waals surface area contributed by atoms with E-state index in [0.29, 0.717) is 30.3 Å². The van der Waals surface area contributed by atoms with Crippen LogP contribution in [0.15, 0.2) is 34.8 Å². The molecule has 0 N–H and O–H groups in total. The summed E-state index contributed by atoms with van der Waals surface area (Å²) in [6.07, 6.45) is 0. The molecule has 128 valence electrons. The molecule has 0 fully saturated rings. The molecule has 2 aromatic carbocycles. The van der Waals surface area contributed by atoms with Crippen molar-refractivity contribution in [3.8, 4) is 11.5 Å². The Morgan fingerprint density at radius 1 is 0.958 bits per heavy atom. The normalized spacial score (nSPS) is 13.8. The summed E-state index contributed by atoms with van der Waals surface area (Å²) in [5.41, 5.74) is 3.59. The molecule has 1 heterocycles. The maximum atomic E-state index is 12.7. The van der Waals surface area contributed by atoms with E-state index >= 15 is 0 Å². The van der Waals surface area contributed by atoms with Crippen LogP contribution in [0.2, 0.25) is 0 Å². The molecule has 2 aromatic rings. The Labute approximate surface area is 150 Å². The Hall–Kier alpha value is -1.53. The van der Waals surface area contributed by atoms with E-state index < -0.39 is 9.84 Å². The van der Waals surface area contributed by atoms with Crippen LogP contribution in [0.3, 0.4) is 0 Å². The van der Waals surface area contributed by atoms with Gasteiger partial charge in [-0.2, -0.15) is 0 Å². The predicted octanol–water partition coefficient (Wildman–Crippen LogP) is 3.95. The molecule has 3 rings (SSSR count). The number of sulfone groups is 1. The van der Waals surface area contributed by atoms with Crippen LogP contribution in [0.4, 0.5) is 0 Å². The lowest BCUT2D eigenvalue weighted by Gasteiger charge is -2.20. The fraction of sp³-hybridized carbons (Fsp3) is 0.333. The second-order valence-corrected chi connectivity index (χ2v) is 8.97. The third kappa shape index (κ3) is 3.92. The molecule has 0 aromatic heterocycles. The fourth-order valence-electron chi connectivity index (χ4n) is 2.70. The van der Waals surface area contributed by atoms with Crippen LogP contribution >= 0.6 is 15.9 Å². The highest BCUT2D eigenvalue weighted by Gasteiger charge is 2.20. The van der Waals surface area contributed by atoms with Gasteiger partial charge in [0.05, 0.1) is 11.5 Å². The molecule has 24 heavy (non-hydrogen) atoms. The Morgan fingerprint density at radius 3 is 2.29 bits per heavy atom. The first kappa shape index (κ1) is 17.3. The van der Waals surface area contributed by atoms with Gasteiger partial charge in [0.15, 0.2) is 21.3 Å². The van der Waals surface area contributed by atoms with Gasteiger partial charge in [-0.3, -0.25) is 0 Å². The molecule has 1 aliphatic heterocycles. The summed E-state index contributed by atoms with van der Waals surface area (Å²) in [5, 5.41) is 0. The minimum atomic E-state index is -3.30. The number of hydrogen-bond donors (Lipinski definition) is 0. The lowest BCUT2D eigenvalue weighted by atomic mass is 10.1. The van der Waals surface area contributed by atoms with E-state index in [9.17, 15) is 8.42 Å². The lowest BCUT2D eigenvalue weighted by Crippen LogP contribution is -2.16. The van der Waals surface area contributed by atoms with E-state index in [1.807, 2.05) is 32.0 Å². The van der Waals surface area contributed by atoms with Gasteiger partial charge < -0.3 is 9.47 Å².